The van der Waals surface area contributed by atoms with E-state index in [0.29, 0.717) is 5.92 Å². The van der Waals surface area contributed by atoms with Crippen molar-refractivity contribution < 1.29 is 4.79 Å². The van der Waals surface area contributed by atoms with Crippen molar-refractivity contribution >= 4 is 5.91 Å². The van der Waals surface area contributed by atoms with E-state index in [1.807, 2.05) is 42.7 Å². The van der Waals surface area contributed by atoms with Crippen molar-refractivity contribution in [3.05, 3.63) is 53.9 Å². The Morgan fingerprint density at radius 1 is 1.29 bits per heavy atom. The van der Waals surface area contributed by atoms with Gasteiger partial charge in [0, 0.05) is 6.20 Å². The number of primary amides is 1. The molecular weight excluding hydrogens is 264 g/mol. The monoisotopic (exact) mass is 284 g/mol. The number of nitrogens with one attached hydrogen (secondary N) is 1. The molecular formula is C16H20N4O. The quantitative estimate of drug-likeness (QED) is 0.899. The number of carbonyl (C=O) groups is 1. The van der Waals surface area contributed by atoms with Crippen molar-refractivity contribution in [1.82, 2.24) is 15.1 Å². The fourth-order valence-electron chi connectivity index (χ4n) is 3.17. The molecule has 1 fully saturated rings. The Bertz CT molecular complexity index is 574. The van der Waals surface area contributed by atoms with E-state index in [1.54, 1.807) is 0 Å². The number of hydrogen-bond acceptors (Lipinski definition) is 3. The number of likely N-dealkylation sites (tertiary alicyclic amines) is 1. The summed E-state index contributed by atoms with van der Waals surface area (Å²) in [6.45, 7) is 1.75. The number of rotatable bonds is 4. The number of hydrogen-bond donors (Lipinski definition) is 2. The molecule has 0 bridgehead atoms. The van der Waals surface area contributed by atoms with Crippen LogP contribution >= 0.6 is 0 Å². The van der Waals surface area contributed by atoms with Crippen LogP contribution in [-0.2, 0) is 4.79 Å². The van der Waals surface area contributed by atoms with Crippen molar-refractivity contribution in [3.63, 3.8) is 0 Å². The molecule has 2 aromatic rings. The summed E-state index contributed by atoms with van der Waals surface area (Å²) in [5.41, 5.74) is 7.87. The maximum atomic E-state index is 11.9. The van der Waals surface area contributed by atoms with Crippen LogP contribution in [0.15, 0.2) is 42.7 Å². The third-order valence-corrected chi connectivity index (χ3v) is 4.27. The molecule has 3 N–H and O–H groups in total. The standard InChI is InChI=1S/C16H20N4O/c17-16(21)15(13-4-2-1-3-5-13)20-8-6-12(7-9-20)14-10-18-19-11-14/h1-5,10-12,15H,6-9H2,(H2,17,21)(H,18,19)/t15-/m1/s1. The highest BCUT2D eigenvalue weighted by atomic mass is 16.1. The molecule has 3 rings (SSSR count). The first kappa shape index (κ1) is 13.8. The van der Waals surface area contributed by atoms with E-state index < -0.39 is 0 Å². The molecule has 1 saturated heterocycles. The van der Waals surface area contributed by atoms with Gasteiger partial charge in [-0.25, -0.2) is 0 Å². The van der Waals surface area contributed by atoms with E-state index >= 15 is 0 Å². The normalized spacial score (nSPS) is 18.5. The number of carbonyl (C=O) groups excluding carboxylic acids is 1. The molecule has 0 saturated carbocycles. The lowest BCUT2D eigenvalue weighted by atomic mass is 9.90. The van der Waals surface area contributed by atoms with Gasteiger partial charge >= 0.3 is 0 Å². The van der Waals surface area contributed by atoms with E-state index in [0.717, 1.165) is 31.5 Å². The fourth-order valence-corrected chi connectivity index (χ4v) is 3.17. The first-order chi connectivity index (χ1) is 10.3. The van der Waals surface area contributed by atoms with Gasteiger partial charge in [-0.05, 0) is 43.0 Å². The van der Waals surface area contributed by atoms with Gasteiger partial charge in [-0.2, -0.15) is 5.10 Å². The Morgan fingerprint density at radius 2 is 2.00 bits per heavy atom. The van der Waals surface area contributed by atoms with Crippen LogP contribution in [0.3, 0.4) is 0 Å². The molecule has 2 heterocycles. The predicted octanol–water partition coefficient (Wildman–Crippen LogP) is 1.82. The summed E-state index contributed by atoms with van der Waals surface area (Å²) in [7, 11) is 0. The molecule has 0 spiro atoms. The van der Waals surface area contributed by atoms with E-state index in [9.17, 15) is 4.79 Å². The number of nitrogens with two attached hydrogens (primary N) is 1. The van der Waals surface area contributed by atoms with Crippen LogP contribution in [0.2, 0.25) is 0 Å². The van der Waals surface area contributed by atoms with Gasteiger partial charge in [0.25, 0.3) is 0 Å². The topological polar surface area (TPSA) is 75.0 Å². The number of nitrogens with zero attached hydrogens (tertiary/aromatic N) is 2. The van der Waals surface area contributed by atoms with Crippen LogP contribution in [0.5, 0.6) is 0 Å². The van der Waals surface area contributed by atoms with Crippen LogP contribution in [0.1, 0.15) is 35.9 Å². The molecule has 0 radical (unpaired) electrons. The van der Waals surface area contributed by atoms with E-state index in [-0.39, 0.29) is 11.9 Å². The highest BCUT2D eigenvalue weighted by molar-refractivity contribution is 5.81. The Balaban J connectivity index is 1.71. The van der Waals surface area contributed by atoms with Gasteiger partial charge in [0.05, 0.1) is 6.20 Å². The summed E-state index contributed by atoms with van der Waals surface area (Å²) in [6, 6.07) is 9.46. The van der Waals surface area contributed by atoms with E-state index in [2.05, 4.69) is 15.1 Å². The van der Waals surface area contributed by atoms with Gasteiger partial charge in [-0.3, -0.25) is 14.8 Å². The van der Waals surface area contributed by atoms with Crippen molar-refractivity contribution in [2.24, 2.45) is 5.73 Å². The van der Waals surface area contributed by atoms with Gasteiger partial charge in [0.2, 0.25) is 5.91 Å². The molecule has 1 atom stereocenters. The molecule has 1 amide bonds. The molecule has 1 aromatic heterocycles. The second kappa shape index (κ2) is 6.10. The van der Waals surface area contributed by atoms with Crippen LogP contribution in [-0.4, -0.2) is 34.1 Å². The number of piperidine rings is 1. The smallest absolute Gasteiger partial charge is 0.239 e. The Labute approximate surface area is 124 Å². The first-order valence-corrected chi connectivity index (χ1v) is 7.32. The van der Waals surface area contributed by atoms with Crippen LogP contribution in [0.4, 0.5) is 0 Å². The maximum absolute atomic E-state index is 11.9. The number of aromatic nitrogens is 2. The second-order valence-electron chi connectivity index (χ2n) is 5.56. The van der Waals surface area contributed by atoms with Gasteiger partial charge < -0.3 is 5.73 Å². The zero-order chi connectivity index (χ0) is 14.7. The van der Waals surface area contributed by atoms with Gasteiger partial charge in [-0.15, -0.1) is 0 Å². The zero-order valence-corrected chi connectivity index (χ0v) is 11.9. The summed E-state index contributed by atoms with van der Waals surface area (Å²) in [5, 5.41) is 6.88. The van der Waals surface area contributed by atoms with Crippen LogP contribution in [0, 0.1) is 0 Å². The SMILES string of the molecule is NC(=O)[C@@H](c1ccccc1)N1CCC(c2cn[nH]c2)CC1. The minimum atomic E-state index is -0.323. The van der Waals surface area contributed by atoms with Gasteiger partial charge in [0.15, 0.2) is 0 Å². The van der Waals surface area contributed by atoms with Gasteiger partial charge in [-0.1, -0.05) is 30.3 Å². The van der Waals surface area contributed by atoms with Crippen molar-refractivity contribution in [2.45, 2.75) is 24.8 Å². The number of H-pyrrole nitrogens is 1. The Kier molecular flexibility index (Phi) is 4.01. The third-order valence-electron chi connectivity index (χ3n) is 4.27. The van der Waals surface area contributed by atoms with Crippen LogP contribution in [0.25, 0.3) is 0 Å². The summed E-state index contributed by atoms with van der Waals surface area (Å²) in [5.74, 6) is 0.243. The fraction of sp³-hybridized carbons (Fsp3) is 0.375. The lowest BCUT2D eigenvalue weighted by Gasteiger charge is -2.36. The molecule has 0 unspecified atom stereocenters. The van der Waals surface area contributed by atoms with Gasteiger partial charge in [0.1, 0.15) is 6.04 Å². The molecule has 21 heavy (non-hydrogen) atoms. The highest BCUT2D eigenvalue weighted by Crippen LogP contribution is 2.31. The second-order valence-corrected chi connectivity index (χ2v) is 5.56. The number of aromatic amines is 1. The molecule has 110 valence electrons. The molecule has 5 heteroatoms. The van der Waals surface area contributed by atoms with E-state index in [1.165, 1.54) is 5.56 Å². The number of benzene rings is 1. The van der Waals surface area contributed by atoms with Crippen molar-refractivity contribution in [2.75, 3.05) is 13.1 Å². The minimum Gasteiger partial charge on any atom is -0.368 e. The molecule has 1 aliphatic heterocycles. The molecule has 1 aliphatic rings. The third kappa shape index (κ3) is 2.97. The molecule has 5 nitrogen and oxygen atoms in total. The average Bonchev–Trinajstić information content (AvgIpc) is 3.03. The minimum absolute atomic E-state index is 0.275. The summed E-state index contributed by atoms with van der Waals surface area (Å²) < 4.78 is 0. The zero-order valence-electron chi connectivity index (χ0n) is 11.9. The largest absolute Gasteiger partial charge is 0.368 e. The average molecular weight is 284 g/mol. The highest BCUT2D eigenvalue weighted by Gasteiger charge is 2.30. The van der Waals surface area contributed by atoms with Crippen LogP contribution < -0.4 is 5.73 Å². The van der Waals surface area contributed by atoms with Crippen molar-refractivity contribution in [1.29, 1.82) is 0 Å². The summed E-state index contributed by atoms with van der Waals surface area (Å²) in [4.78, 5) is 14.1. The lowest BCUT2D eigenvalue weighted by molar-refractivity contribution is -0.124. The van der Waals surface area contributed by atoms with Crippen molar-refractivity contribution in [3.8, 4) is 0 Å². The summed E-state index contributed by atoms with van der Waals surface area (Å²) in [6.07, 6.45) is 5.90. The molecule has 0 aliphatic carbocycles. The first-order valence-electron chi connectivity index (χ1n) is 7.32. The molecule has 1 aromatic carbocycles. The lowest BCUT2D eigenvalue weighted by Crippen LogP contribution is -2.42. The maximum Gasteiger partial charge on any atom is 0.239 e. The predicted molar refractivity (Wildman–Crippen MR) is 80.5 cm³/mol. The Morgan fingerprint density at radius 3 is 2.57 bits per heavy atom. The Hall–Kier alpha value is -2.14. The van der Waals surface area contributed by atoms with E-state index in [4.69, 9.17) is 5.73 Å². The summed E-state index contributed by atoms with van der Waals surface area (Å²) >= 11 is 0. The number of amides is 1.